The fourth-order valence-electron chi connectivity index (χ4n) is 2.70. The highest BCUT2D eigenvalue weighted by Crippen LogP contribution is 2.34. The van der Waals surface area contributed by atoms with Gasteiger partial charge in [-0.3, -0.25) is 4.79 Å². The second kappa shape index (κ2) is 4.91. The first-order chi connectivity index (χ1) is 10.3. The molecule has 1 atom stereocenters. The van der Waals surface area contributed by atoms with Gasteiger partial charge in [0.1, 0.15) is 5.75 Å². The summed E-state index contributed by atoms with van der Waals surface area (Å²) >= 11 is 0. The molecule has 0 saturated heterocycles. The molecule has 2 aliphatic rings. The van der Waals surface area contributed by atoms with E-state index < -0.39 is 0 Å². The number of aromatic nitrogens is 2. The van der Waals surface area contributed by atoms with E-state index in [1.165, 1.54) is 17.5 Å². The van der Waals surface area contributed by atoms with E-state index in [9.17, 15) is 4.79 Å². The average molecular weight is 283 g/mol. The van der Waals surface area contributed by atoms with Crippen molar-refractivity contribution < 1.29 is 4.74 Å². The summed E-state index contributed by atoms with van der Waals surface area (Å²) in [6.45, 7) is 1.16. The minimum Gasteiger partial charge on any atom is -0.493 e. The Labute approximate surface area is 122 Å². The van der Waals surface area contributed by atoms with E-state index in [4.69, 9.17) is 4.74 Å². The van der Waals surface area contributed by atoms with Gasteiger partial charge in [0.2, 0.25) is 0 Å². The van der Waals surface area contributed by atoms with E-state index in [-0.39, 0.29) is 11.5 Å². The van der Waals surface area contributed by atoms with Gasteiger partial charge in [0, 0.05) is 23.6 Å². The lowest BCUT2D eigenvalue weighted by molar-refractivity contribution is 0.313. The Balaban J connectivity index is 1.53. The summed E-state index contributed by atoms with van der Waals surface area (Å²) in [6.07, 6.45) is 4.10. The quantitative estimate of drug-likeness (QED) is 0.932. The van der Waals surface area contributed by atoms with Crippen molar-refractivity contribution in [3.8, 4) is 5.75 Å². The Bertz CT molecular complexity index is 721. The number of hydrogen-bond acceptors (Lipinski definition) is 4. The van der Waals surface area contributed by atoms with Crippen LogP contribution in [-0.2, 0) is 6.54 Å². The molecule has 4 rings (SSSR count). The summed E-state index contributed by atoms with van der Waals surface area (Å²) in [5.41, 5.74) is 1.92. The zero-order chi connectivity index (χ0) is 14.2. The van der Waals surface area contributed by atoms with Crippen molar-refractivity contribution in [2.75, 3.05) is 11.9 Å². The van der Waals surface area contributed by atoms with Crippen LogP contribution in [-0.4, -0.2) is 22.4 Å². The average Bonchev–Trinajstić information content (AvgIpc) is 3.21. The summed E-state index contributed by atoms with van der Waals surface area (Å²) in [7, 11) is 0. The normalized spacial score (nSPS) is 19.9. The number of ether oxygens (including phenoxy) is 1. The first-order valence-electron chi connectivity index (χ1n) is 7.35. The van der Waals surface area contributed by atoms with E-state index in [0.29, 0.717) is 19.2 Å². The molecule has 5 nitrogen and oxygen atoms in total. The molecule has 1 saturated carbocycles. The molecule has 2 heterocycles. The first-order valence-corrected chi connectivity index (χ1v) is 7.35. The van der Waals surface area contributed by atoms with Gasteiger partial charge < -0.3 is 10.1 Å². The molecule has 1 fully saturated rings. The third kappa shape index (κ3) is 2.51. The molecule has 0 amide bonds. The SMILES string of the molecule is O=c1cc(NC2CC2)cnn1CC1COc2ccccc21. The molecule has 0 radical (unpaired) electrons. The lowest BCUT2D eigenvalue weighted by Gasteiger charge is -2.11. The number of para-hydroxylation sites is 1. The van der Waals surface area contributed by atoms with Crippen LogP contribution < -0.4 is 15.6 Å². The monoisotopic (exact) mass is 283 g/mol. The van der Waals surface area contributed by atoms with Crippen LogP contribution in [0.25, 0.3) is 0 Å². The van der Waals surface area contributed by atoms with Gasteiger partial charge in [-0.2, -0.15) is 5.10 Å². The number of fused-ring (bicyclic) bond motifs is 1. The predicted molar refractivity (Wildman–Crippen MR) is 79.8 cm³/mol. The van der Waals surface area contributed by atoms with Crippen molar-refractivity contribution >= 4 is 5.69 Å². The summed E-state index contributed by atoms with van der Waals surface area (Å²) in [5, 5.41) is 7.57. The highest BCUT2D eigenvalue weighted by Gasteiger charge is 2.25. The number of hydrogen-bond donors (Lipinski definition) is 1. The number of nitrogens with zero attached hydrogens (tertiary/aromatic N) is 2. The van der Waals surface area contributed by atoms with Crippen molar-refractivity contribution in [1.82, 2.24) is 9.78 Å². The Hall–Kier alpha value is -2.30. The number of benzene rings is 1. The number of rotatable bonds is 4. The minimum atomic E-state index is -0.0648. The van der Waals surface area contributed by atoms with Crippen LogP contribution in [0, 0.1) is 0 Å². The maximum Gasteiger partial charge on any atom is 0.268 e. The van der Waals surface area contributed by atoms with Crippen molar-refractivity contribution in [2.24, 2.45) is 0 Å². The fourth-order valence-corrected chi connectivity index (χ4v) is 2.70. The van der Waals surface area contributed by atoms with Gasteiger partial charge in [0.25, 0.3) is 5.56 Å². The summed E-state index contributed by atoms with van der Waals surface area (Å²) < 4.78 is 7.17. The molecule has 1 unspecified atom stereocenters. The van der Waals surface area contributed by atoms with Crippen molar-refractivity contribution in [2.45, 2.75) is 31.3 Å². The lowest BCUT2D eigenvalue weighted by Crippen LogP contribution is -2.26. The third-order valence-corrected chi connectivity index (χ3v) is 4.01. The second-order valence-corrected chi connectivity index (χ2v) is 5.73. The predicted octanol–water partition coefficient (Wildman–Crippen LogP) is 1.99. The Morgan fingerprint density at radius 2 is 2.19 bits per heavy atom. The summed E-state index contributed by atoms with van der Waals surface area (Å²) in [6, 6.07) is 10.1. The third-order valence-electron chi connectivity index (χ3n) is 4.01. The van der Waals surface area contributed by atoms with E-state index >= 15 is 0 Å². The molecule has 1 aromatic carbocycles. The van der Waals surface area contributed by atoms with Crippen LogP contribution in [0.3, 0.4) is 0 Å². The molecule has 1 aliphatic heterocycles. The van der Waals surface area contributed by atoms with Crippen molar-refractivity contribution in [1.29, 1.82) is 0 Å². The molecule has 5 heteroatoms. The molecule has 1 N–H and O–H groups in total. The van der Waals surface area contributed by atoms with Gasteiger partial charge in [0.05, 0.1) is 25.0 Å². The Morgan fingerprint density at radius 3 is 3.00 bits per heavy atom. The molecule has 0 bridgehead atoms. The fraction of sp³-hybridized carbons (Fsp3) is 0.375. The minimum absolute atomic E-state index is 0.0648. The maximum absolute atomic E-state index is 12.2. The van der Waals surface area contributed by atoms with Crippen LogP contribution in [0.4, 0.5) is 5.69 Å². The topological polar surface area (TPSA) is 56.2 Å². The van der Waals surface area contributed by atoms with Crippen LogP contribution in [0.5, 0.6) is 5.75 Å². The largest absolute Gasteiger partial charge is 0.493 e. The molecule has 1 aliphatic carbocycles. The zero-order valence-corrected chi connectivity index (χ0v) is 11.7. The van der Waals surface area contributed by atoms with Crippen LogP contribution >= 0.6 is 0 Å². The van der Waals surface area contributed by atoms with E-state index in [0.717, 1.165) is 17.0 Å². The van der Waals surface area contributed by atoms with Gasteiger partial charge >= 0.3 is 0 Å². The molecule has 21 heavy (non-hydrogen) atoms. The lowest BCUT2D eigenvalue weighted by atomic mass is 10.0. The van der Waals surface area contributed by atoms with Crippen LogP contribution in [0.2, 0.25) is 0 Å². The molecule has 108 valence electrons. The summed E-state index contributed by atoms with van der Waals surface area (Å²) in [4.78, 5) is 12.2. The van der Waals surface area contributed by atoms with Gasteiger partial charge in [-0.15, -0.1) is 0 Å². The number of nitrogens with one attached hydrogen (secondary N) is 1. The number of anilines is 1. The standard InChI is InChI=1S/C16H17N3O2/c20-16-7-13(18-12-5-6-12)8-17-19(16)9-11-10-21-15-4-2-1-3-14(11)15/h1-4,7-8,11-12,18H,5-6,9-10H2. The summed E-state index contributed by atoms with van der Waals surface area (Å²) in [5.74, 6) is 1.11. The van der Waals surface area contributed by atoms with E-state index in [2.05, 4.69) is 16.5 Å². The smallest absolute Gasteiger partial charge is 0.268 e. The van der Waals surface area contributed by atoms with Gasteiger partial charge in [-0.05, 0) is 18.9 Å². The highest BCUT2D eigenvalue weighted by atomic mass is 16.5. The Kier molecular flexibility index (Phi) is 2.91. The van der Waals surface area contributed by atoms with E-state index in [1.54, 1.807) is 12.3 Å². The zero-order valence-electron chi connectivity index (χ0n) is 11.7. The molecule has 1 aromatic heterocycles. The van der Waals surface area contributed by atoms with E-state index in [1.807, 2.05) is 18.2 Å². The van der Waals surface area contributed by atoms with Crippen LogP contribution in [0.1, 0.15) is 24.3 Å². The van der Waals surface area contributed by atoms with Gasteiger partial charge in [0.15, 0.2) is 0 Å². The highest BCUT2D eigenvalue weighted by molar-refractivity contribution is 5.42. The first kappa shape index (κ1) is 12.4. The van der Waals surface area contributed by atoms with Gasteiger partial charge in [-0.25, -0.2) is 4.68 Å². The second-order valence-electron chi connectivity index (χ2n) is 5.73. The van der Waals surface area contributed by atoms with Crippen molar-refractivity contribution in [3.63, 3.8) is 0 Å². The molecular weight excluding hydrogens is 266 g/mol. The maximum atomic E-state index is 12.2. The van der Waals surface area contributed by atoms with Crippen LogP contribution in [0.15, 0.2) is 41.3 Å². The molecule has 2 aromatic rings. The molecular formula is C16H17N3O2. The molecule has 0 spiro atoms. The van der Waals surface area contributed by atoms with Crippen molar-refractivity contribution in [3.05, 3.63) is 52.4 Å². The van der Waals surface area contributed by atoms with Gasteiger partial charge in [-0.1, -0.05) is 18.2 Å². The Morgan fingerprint density at radius 1 is 1.33 bits per heavy atom.